The van der Waals surface area contributed by atoms with Gasteiger partial charge >= 0.3 is 6.05 Å². The van der Waals surface area contributed by atoms with Gasteiger partial charge < -0.3 is 4.90 Å². The number of hydrogen-bond acceptors (Lipinski definition) is 2. The average Bonchev–Trinajstić information content (AvgIpc) is 2.46. The lowest BCUT2D eigenvalue weighted by atomic mass is 9.95. The van der Waals surface area contributed by atoms with Crippen molar-refractivity contribution in [1.29, 1.82) is 0 Å². The van der Waals surface area contributed by atoms with Gasteiger partial charge in [0.1, 0.15) is 0 Å². The van der Waals surface area contributed by atoms with Crippen molar-refractivity contribution in [1.82, 2.24) is 10.2 Å². The van der Waals surface area contributed by atoms with E-state index >= 15 is 0 Å². The van der Waals surface area contributed by atoms with E-state index in [9.17, 15) is 17.6 Å². The number of rotatable bonds is 3. The summed E-state index contributed by atoms with van der Waals surface area (Å²) < 4.78 is 50.2. The van der Waals surface area contributed by atoms with Crippen LogP contribution < -0.4 is 5.32 Å². The monoisotopic (exact) mass is 346 g/mol. The fourth-order valence-electron chi connectivity index (χ4n) is 1.83. The summed E-state index contributed by atoms with van der Waals surface area (Å²) in [6.07, 6.45) is 0.521. The molecule has 1 N–H and O–H groups in total. The largest absolute Gasteiger partial charge is 0.302 e. The Balaban J connectivity index is -0.000000287. The van der Waals surface area contributed by atoms with Gasteiger partial charge in [-0.25, -0.2) is 8.78 Å². The molecule has 144 valence electrons. The molecule has 0 amide bonds. The van der Waals surface area contributed by atoms with Crippen LogP contribution in [-0.4, -0.2) is 44.1 Å². The molecule has 1 fully saturated rings. The van der Waals surface area contributed by atoms with Crippen LogP contribution >= 0.6 is 0 Å². The van der Waals surface area contributed by atoms with Crippen LogP contribution in [0.25, 0.3) is 0 Å². The molecule has 1 saturated heterocycles. The van der Waals surface area contributed by atoms with Gasteiger partial charge in [0.25, 0.3) is 5.92 Å². The van der Waals surface area contributed by atoms with Crippen molar-refractivity contribution in [2.75, 3.05) is 27.2 Å². The van der Waals surface area contributed by atoms with Gasteiger partial charge in [0.15, 0.2) is 0 Å². The van der Waals surface area contributed by atoms with E-state index in [1.54, 1.807) is 32.7 Å². The standard InChI is InChI=1S/C7H13F2N.C6H13F2N.2C2H6/c1-6-3-4-10(2)5-7(6,8)9;1-5(2)4-6(7,8)9-3;2*1-2/h6H,3-5H2,1-2H3;5,9H,4H2,1-3H3;2*1-2H3. The number of piperidine rings is 1. The summed E-state index contributed by atoms with van der Waals surface area (Å²) >= 11 is 0. The molecule has 2 nitrogen and oxygen atoms in total. The van der Waals surface area contributed by atoms with Gasteiger partial charge in [-0.15, -0.1) is 0 Å². The highest BCUT2D eigenvalue weighted by molar-refractivity contribution is 4.82. The first-order valence-corrected chi connectivity index (χ1v) is 8.63. The number of hydrogen-bond donors (Lipinski definition) is 1. The maximum absolute atomic E-state index is 12.8. The Morgan fingerprint density at radius 1 is 1.17 bits per heavy atom. The molecule has 0 aromatic rings. The lowest BCUT2D eigenvalue weighted by Crippen LogP contribution is -2.45. The molecular formula is C17H38F4N2. The Kier molecular flexibility index (Phi) is 16.8. The topological polar surface area (TPSA) is 15.3 Å². The highest BCUT2D eigenvalue weighted by Gasteiger charge is 2.40. The van der Waals surface area contributed by atoms with E-state index in [2.05, 4.69) is 0 Å². The summed E-state index contributed by atoms with van der Waals surface area (Å²) in [5, 5.41) is 1.94. The molecule has 0 aliphatic carbocycles. The Labute approximate surface area is 141 Å². The van der Waals surface area contributed by atoms with Crippen molar-refractivity contribution in [3.63, 3.8) is 0 Å². The van der Waals surface area contributed by atoms with E-state index in [4.69, 9.17) is 0 Å². The Morgan fingerprint density at radius 3 is 1.83 bits per heavy atom. The summed E-state index contributed by atoms with van der Waals surface area (Å²) in [4.78, 5) is 1.68. The van der Waals surface area contributed by atoms with E-state index in [0.717, 1.165) is 6.54 Å². The second kappa shape index (κ2) is 14.0. The van der Waals surface area contributed by atoms with E-state index in [1.165, 1.54) is 7.05 Å². The molecule has 1 unspecified atom stereocenters. The first kappa shape index (κ1) is 27.5. The van der Waals surface area contributed by atoms with Crippen molar-refractivity contribution in [2.45, 2.75) is 73.3 Å². The van der Waals surface area contributed by atoms with Crippen molar-refractivity contribution in [2.24, 2.45) is 11.8 Å². The molecule has 1 aliphatic heterocycles. The van der Waals surface area contributed by atoms with Gasteiger partial charge in [-0.1, -0.05) is 48.5 Å². The van der Waals surface area contributed by atoms with Crippen LogP contribution in [-0.2, 0) is 0 Å². The average molecular weight is 346 g/mol. The van der Waals surface area contributed by atoms with Gasteiger partial charge in [-0.3, -0.25) is 5.32 Å². The van der Waals surface area contributed by atoms with Crippen LogP contribution in [0.15, 0.2) is 0 Å². The maximum Gasteiger partial charge on any atom is 0.302 e. The summed E-state index contributed by atoms with van der Waals surface area (Å²) in [5.41, 5.74) is 0. The van der Waals surface area contributed by atoms with Crippen LogP contribution in [0.5, 0.6) is 0 Å². The first-order valence-electron chi connectivity index (χ1n) is 8.63. The minimum absolute atomic E-state index is 0.0347. The van der Waals surface area contributed by atoms with Crippen molar-refractivity contribution < 1.29 is 17.6 Å². The molecule has 6 heteroatoms. The number of halogens is 4. The Bertz CT molecular complexity index is 259. The lowest BCUT2D eigenvalue weighted by molar-refractivity contribution is -0.0985. The number of nitrogens with zero attached hydrogens (tertiary/aromatic N) is 1. The van der Waals surface area contributed by atoms with Gasteiger partial charge in [-0.2, -0.15) is 8.78 Å². The van der Waals surface area contributed by atoms with Crippen molar-refractivity contribution >= 4 is 0 Å². The van der Waals surface area contributed by atoms with E-state index in [1.807, 2.05) is 33.0 Å². The molecule has 0 aromatic heterocycles. The van der Waals surface area contributed by atoms with Gasteiger partial charge in [0.2, 0.25) is 0 Å². The lowest BCUT2D eigenvalue weighted by Gasteiger charge is -2.34. The third-order valence-electron chi connectivity index (χ3n) is 3.18. The molecule has 1 aliphatic rings. The summed E-state index contributed by atoms with van der Waals surface area (Å²) in [7, 11) is 3.00. The fourth-order valence-corrected chi connectivity index (χ4v) is 1.83. The molecule has 0 bridgehead atoms. The summed E-state index contributed by atoms with van der Waals surface area (Å²) in [5.74, 6) is -2.87. The molecule has 1 rings (SSSR count). The molecular weight excluding hydrogens is 308 g/mol. The maximum atomic E-state index is 12.8. The Hall–Kier alpha value is -0.360. The second-order valence-electron chi connectivity index (χ2n) is 5.74. The predicted octanol–water partition coefficient (Wildman–Crippen LogP) is 5.49. The van der Waals surface area contributed by atoms with Crippen LogP contribution in [0.1, 0.15) is 61.3 Å². The van der Waals surface area contributed by atoms with Crippen LogP contribution in [0, 0.1) is 11.8 Å². The molecule has 1 atom stereocenters. The number of likely N-dealkylation sites (tertiary alicyclic amines) is 1. The second-order valence-corrected chi connectivity index (χ2v) is 5.74. The minimum Gasteiger partial charge on any atom is -0.301 e. The quantitative estimate of drug-likeness (QED) is 0.537. The third-order valence-corrected chi connectivity index (χ3v) is 3.18. The normalized spacial score (nSPS) is 20.3. The SMILES string of the molecule is CC.CC.CC1CCN(C)CC1(F)F.CNC(F)(F)CC(C)C. The zero-order valence-electron chi connectivity index (χ0n) is 16.4. The highest BCUT2D eigenvalue weighted by atomic mass is 19.3. The highest BCUT2D eigenvalue weighted by Crippen LogP contribution is 2.31. The van der Waals surface area contributed by atoms with Gasteiger partial charge in [0.05, 0.1) is 6.54 Å². The zero-order valence-corrected chi connectivity index (χ0v) is 16.4. The Morgan fingerprint density at radius 2 is 1.61 bits per heavy atom. The summed E-state index contributed by atoms with van der Waals surface area (Å²) in [6, 6.07) is -2.69. The minimum atomic E-state index is -2.69. The third kappa shape index (κ3) is 14.9. The zero-order chi connectivity index (χ0) is 19.3. The van der Waals surface area contributed by atoms with E-state index in [-0.39, 0.29) is 18.9 Å². The molecule has 0 saturated carbocycles. The molecule has 0 radical (unpaired) electrons. The fraction of sp³-hybridized carbons (Fsp3) is 1.00. The van der Waals surface area contributed by atoms with Crippen molar-refractivity contribution in [3.8, 4) is 0 Å². The van der Waals surface area contributed by atoms with Gasteiger partial charge in [-0.05, 0) is 33.0 Å². The van der Waals surface area contributed by atoms with E-state index in [0.29, 0.717) is 6.42 Å². The first-order chi connectivity index (χ1) is 10.5. The van der Waals surface area contributed by atoms with Gasteiger partial charge in [0, 0.05) is 12.3 Å². The number of nitrogens with one attached hydrogen (secondary N) is 1. The van der Waals surface area contributed by atoms with E-state index < -0.39 is 17.9 Å². The summed E-state index contributed by atoms with van der Waals surface area (Å²) in [6.45, 7) is 13.9. The van der Waals surface area contributed by atoms with Crippen LogP contribution in [0.4, 0.5) is 17.6 Å². The van der Waals surface area contributed by atoms with Crippen LogP contribution in [0.2, 0.25) is 0 Å². The molecule has 0 aromatic carbocycles. The molecule has 23 heavy (non-hydrogen) atoms. The molecule has 1 heterocycles. The van der Waals surface area contributed by atoms with Crippen LogP contribution in [0.3, 0.4) is 0 Å². The van der Waals surface area contributed by atoms with Crippen molar-refractivity contribution in [3.05, 3.63) is 0 Å². The number of alkyl halides is 4. The predicted molar refractivity (Wildman–Crippen MR) is 92.4 cm³/mol. The smallest absolute Gasteiger partial charge is 0.301 e. The molecule has 0 spiro atoms.